The molecular weight excluding hydrogens is 196 g/mol. The van der Waals surface area contributed by atoms with E-state index in [0.29, 0.717) is 19.7 Å². The maximum absolute atomic E-state index is 11.5. The van der Waals surface area contributed by atoms with E-state index in [9.17, 15) is 4.79 Å². The van der Waals surface area contributed by atoms with Gasteiger partial charge in [0.15, 0.2) is 0 Å². The fourth-order valence-electron chi connectivity index (χ4n) is 1.75. The van der Waals surface area contributed by atoms with Crippen molar-refractivity contribution < 1.29 is 14.6 Å². The fraction of sp³-hybridized carbons (Fsp3) is 0.900. The Morgan fingerprint density at radius 2 is 2.20 bits per heavy atom. The van der Waals surface area contributed by atoms with Crippen LogP contribution in [0, 0.1) is 0 Å². The molecule has 0 aliphatic carbocycles. The van der Waals surface area contributed by atoms with E-state index in [1.54, 1.807) is 11.8 Å². The van der Waals surface area contributed by atoms with E-state index in [1.807, 2.05) is 0 Å². The van der Waals surface area contributed by atoms with Gasteiger partial charge in [-0.3, -0.25) is 4.79 Å². The van der Waals surface area contributed by atoms with Crippen molar-refractivity contribution in [3.8, 4) is 0 Å². The fourth-order valence-corrected chi connectivity index (χ4v) is 1.75. The minimum atomic E-state index is -0.417. The van der Waals surface area contributed by atoms with Gasteiger partial charge in [0.1, 0.15) is 0 Å². The van der Waals surface area contributed by atoms with Crippen molar-refractivity contribution in [3.63, 3.8) is 0 Å². The van der Waals surface area contributed by atoms with Crippen molar-refractivity contribution in [1.29, 1.82) is 0 Å². The van der Waals surface area contributed by atoms with Crippen molar-refractivity contribution in [3.05, 3.63) is 0 Å². The average molecular weight is 216 g/mol. The van der Waals surface area contributed by atoms with E-state index in [4.69, 9.17) is 15.6 Å². The number of carbonyl (C=O) groups excluding carboxylic acids is 1. The number of nitrogens with zero attached hydrogens (tertiary/aromatic N) is 1. The van der Waals surface area contributed by atoms with Gasteiger partial charge >= 0.3 is 0 Å². The summed E-state index contributed by atoms with van der Waals surface area (Å²) in [6, 6.07) is -0.417. The van der Waals surface area contributed by atoms with Gasteiger partial charge in [-0.1, -0.05) is 0 Å². The first-order chi connectivity index (χ1) is 7.15. The summed E-state index contributed by atoms with van der Waals surface area (Å²) in [5, 5.41) is 8.60. The lowest BCUT2D eigenvalue weighted by molar-refractivity contribution is -0.134. The number of amides is 1. The minimum absolute atomic E-state index is 0.00982. The highest BCUT2D eigenvalue weighted by Crippen LogP contribution is 2.14. The number of nitrogens with two attached hydrogens (primary N) is 1. The molecule has 1 fully saturated rings. The van der Waals surface area contributed by atoms with Gasteiger partial charge < -0.3 is 20.5 Å². The molecule has 1 rings (SSSR count). The molecule has 0 bridgehead atoms. The first kappa shape index (κ1) is 12.4. The van der Waals surface area contributed by atoms with Crippen LogP contribution in [0.15, 0.2) is 0 Å². The number of hydrogen-bond acceptors (Lipinski definition) is 4. The lowest BCUT2D eigenvalue weighted by atomic mass is 10.1. The Kier molecular flexibility index (Phi) is 5.01. The monoisotopic (exact) mass is 216 g/mol. The average Bonchev–Trinajstić information content (AvgIpc) is 2.26. The molecule has 1 atom stereocenters. The van der Waals surface area contributed by atoms with E-state index in [0.717, 1.165) is 12.8 Å². The Labute approximate surface area is 90.2 Å². The second-order valence-corrected chi connectivity index (χ2v) is 3.91. The van der Waals surface area contributed by atoms with Crippen LogP contribution in [0.3, 0.4) is 0 Å². The molecule has 1 amide bonds. The number of aliphatic hydroxyl groups excluding tert-OH is 1. The van der Waals surface area contributed by atoms with Crippen LogP contribution in [0.1, 0.15) is 19.8 Å². The van der Waals surface area contributed by atoms with Gasteiger partial charge in [0.05, 0.1) is 25.4 Å². The number of ether oxygens (including phenoxy) is 1. The minimum Gasteiger partial charge on any atom is -0.394 e. The van der Waals surface area contributed by atoms with Crippen LogP contribution in [-0.4, -0.2) is 54.4 Å². The summed E-state index contributed by atoms with van der Waals surface area (Å²) in [6.45, 7) is 3.55. The standard InChI is InChI=1S/C10H20N2O3/c1-8(11)10(14)12-4-2-9(3-5-12)15-7-6-13/h8-9,13H,2-7,11H2,1H3/t8-/m1/s1. The number of rotatable bonds is 4. The van der Waals surface area contributed by atoms with Crippen LogP contribution in [-0.2, 0) is 9.53 Å². The van der Waals surface area contributed by atoms with Gasteiger partial charge in [0.25, 0.3) is 0 Å². The molecule has 0 saturated carbocycles. The number of aliphatic hydroxyl groups is 1. The van der Waals surface area contributed by atoms with Gasteiger partial charge in [0.2, 0.25) is 5.91 Å². The molecule has 0 spiro atoms. The smallest absolute Gasteiger partial charge is 0.239 e. The summed E-state index contributed by atoms with van der Waals surface area (Å²) in [5.41, 5.74) is 5.53. The van der Waals surface area contributed by atoms with Crippen LogP contribution in [0.2, 0.25) is 0 Å². The predicted octanol–water partition coefficient (Wildman–Crippen LogP) is -0.666. The van der Waals surface area contributed by atoms with Gasteiger partial charge in [-0.15, -0.1) is 0 Å². The molecule has 1 aliphatic rings. The zero-order valence-electron chi connectivity index (χ0n) is 9.19. The van der Waals surface area contributed by atoms with E-state index >= 15 is 0 Å². The van der Waals surface area contributed by atoms with E-state index in [2.05, 4.69) is 0 Å². The van der Waals surface area contributed by atoms with Crippen LogP contribution < -0.4 is 5.73 Å². The molecule has 0 radical (unpaired) electrons. The first-order valence-electron chi connectivity index (χ1n) is 5.42. The highest BCUT2D eigenvalue weighted by molar-refractivity contribution is 5.81. The first-order valence-corrected chi connectivity index (χ1v) is 5.42. The van der Waals surface area contributed by atoms with Crippen molar-refractivity contribution in [2.24, 2.45) is 5.73 Å². The van der Waals surface area contributed by atoms with Crippen LogP contribution in [0.4, 0.5) is 0 Å². The SMILES string of the molecule is C[C@@H](N)C(=O)N1CCC(OCCO)CC1. The molecule has 1 heterocycles. The Balaban J connectivity index is 2.26. The third-order valence-corrected chi connectivity index (χ3v) is 2.59. The second kappa shape index (κ2) is 6.05. The van der Waals surface area contributed by atoms with Gasteiger partial charge in [0, 0.05) is 13.1 Å². The number of hydrogen-bond donors (Lipinski definition) is 2. The maximum Gasteiger partial charge on any atom is 0.239 e. The molecule has 15 heavy (non-hydrogen) atoms. The van der Waals surface area contributed by atoms with Crippen molar-refractivity contribution >= 4 is 5.91 Å². The van der Waals surface area contributed by atoms with Crippen molar-refractivity contribution in [2.45, 2.75) is 31.9 Å². The molecule has 88 valence electrons. The normalized spacial score (nSPS) is 20.3. The second-order valence-electron chi connectivity index (χ2n) is 3.91. The third kappa shape index (κ3) is 3.77. The number of piperidine rings is 1. The highest BCUT2D eigenvalue weighted by atomic mass is 16.5. The van der Waals surface area contributed by atoms with Crippen LogP contribution >= 0.6 is 0 Å². The Hall–Kier alpha value is -0.650. The van der Waals surface area contributed by atoms with E-state index < -0.39 is 6.04 Å². The zero-order chi connectivity index (χ0) is 11.3. The number of likely N-dealkylation sites (tertiary alicyclic amines) is 1. The van der Waals surface area contributed by atoms with Crippen molar-refractivity contribution in [1.82, 2.24) is 4.90 Å². The summed E-state index contributed by atoms with van der Waals surface area (Å²) in [4.78, 5) is 13.3. The molecule has 1 aliphatic heterocycles. The largest absolute Gasteiger partial charge is 0.394 e. The Morgan fingerprint density at radius 3 is 2.67 bits per heavy atom. The van der Waals surface area contributed by atoms with E-state index in [-0.39, 0.29) is 18.6 Å². The Morgan fingerprint density at radius 1 is 1.60 bits per heavy atom. The molecule has 0 aromatic rings. The predicted molar refractivity (Wildman–Crippen MR) is 56.3 cm³/mol. The van der Waals surface area contributed by atoms with E-state index in [1.165, 1.54) is 0 Å². The zero-order valence-corrected chi connectivity index (χ0v) is 9.19. The number of carbonyl (C=O) groups is 1. The van der Waals surface area contributed by atoms with Crippen LogP contribution in [0.5, 0.6) is 0 Å². The van der Waals surface area contributed by atoms with Gasteiger partial charge in [-0.25, -0.2) is 0 Å². The van der Waals surface area contributed by atoms with Crippen molar-refractivity contribution in [2.75, 3.05) is 26.3 Å². The van der Waals surface area contributed by atoms with Crippen LogP contribution in [0.25, 0.3) is 0 Å². The maximum atomic E-state index is 11.5. The summed E-state index contributed by atoms with van der Waals surface area (Å²) in [6.07, 6.45) is 1.84. The lowest BCUT2D eigenvalue weighted by Crippen LogP contribution is -2.47. The summed E-state index contributed by atoms with van der Waals surface area (Å²) in [5.74, 6) is 0.00982. The third-order valence-electron chi connectivity index (χ3n) is 2.59. The molecular formula is C10H20N2O3. The molecule has 0 unspecified atom stereocenters. The molecule has 3 N–H and O–H groups in total. The molecule has 1 saturated heterocycles. The van der Waals surface area contributed by atoms with Gasteiger partial charge in [-0.2, -0.15) is 0 Å². The summed E-state index contributed by atoms with van der Waals surface area (Å²) >= 11 is 0. The molecule has 5 heteroatoms. The highest BCUT2D eigenvalue weighted by Gasteiger charge is 2.24. The van der Waals surface area contributed by atoms with Gasteiger partial charge in [-0.05, 0) is 19.8 Å². The lowest BCUT2D eigenvalue weighted by Gasteiger charge is -2.32. The topological polar surface area (TPSA) is 75.8 Å². The quantitative estimate of drug-likeness (QED) is 0.653. The summed E-state index contributed by atoms with van der Waals surface area (Å²) < 4.78 is 5.40. The molecule has 0 aromatic heterocycles. The molecule has 5 nitrogen and oxygen atoms in total. The molecule has 0 aromatic carbocycles. The summed E-state index contributed by atoms with van der Waals surface area (Å²) in [7, 11) is 0. The Bertz CT molecular complexity index is 201.